The van der Waals surface area contributed by atoms with E-state index in [1.165, 1.54) is 0 Å². The third kappa shape index (κ3) is 1.47. The number of nitrogens with zero attached hydrogens (tertiary/aromatic N) is 2. The first-order chi connectivity index (χ1) is 5.84. The Morgan fingerprint density at radius 1 is 1.50 bits per heavy atom. The smallest absolute Gasteiger partial charge is 0.321 e. The van der Waals surface area contributed by atoms with Crippen molar-refractivity contribution in [2.45, 2.75) is 25.8 Å². The van der Waals surface area contributed by atoms with Crippen molar-refractivity contribution < 1.29 is 4.52 Å². The summed E-state index contributed by atoms with van der Waals surface area (Å²) in [4.78, 5) is 4.06. The zero-order valence-corrected chi connectivity index (χ0v) is 6.95. The quantitative estimate of drug-likeness (QED) is 0.675. The van der Waals surface area contributed by atoms with Crippen LogP contribution in [0.25, 0.3) is 0 Å². The van der Waals surface area contributed by atoms with Gasteiger partial charge in [0.15, 0.2) is 5.82 Å². The Bertz CT molecular complexity index is 284. The molecule has 0 fully saturated rings. The SMILES string of the molecule is Cc1noc(NC2CC=CC2)n1. The van der Waals surface area contributed by atoms with Gasteiger partial charge in [0.1, 0.15) is 0 Å². The predicted molar refractivity (Wildman–Crippen MR) is 44.8 cm³/mol. The zero-order valence-electron chi connectivity index (χ0n) is 6.95. The van der Waals surface area contributed by atoms with Crippen molar-refractivity contribution in [3.05, 3.63) is 18.0 Å². The molecule has 0 atom stereocenters. The van der Waals surface area contributed by atoms with E-state index < -0.39 is 0 Å². The van der Waals surface area contributed by atoms with Gasteiger partial charge < -0.3 is 9.84 Å². The van der Waals surface area contributed by atoms with Gasteiger partial charge in [-0.05, 0) is 19.8 Å². The van der Waals surface area contributed by atoms with Crippen molar-refractivity contribution in [2.75, 3.05) is 5.32 Å². The summed E-state index contributed by atoms with van der Waals surface area (Å²) in [6, 6.07) is 0.964. The molecule has 1 aliphatic rings. The number of hydrogen-bond acceptors (Lipinski definition) is 4. The molecule has 4 nitrogen and oxygen atoms in total. The van der Waals surface area contributed by atoms with E-state index >= 15 is 0 Å². The molecule has 0 saturated heterocycles. The fraction of sp³-hybridized carbons (Fsp3) is 0.500. The first kappa shape index (κ1) is 7.34. The molecule has 1 aromatic heterocycles. The van der Waals surface area contributed by atoms with E-state index in [0.29, 0.717) is 17.9 Å². The second kappa shape index (κ2) is 2.97. The minimum absolute atomic E-state index is 0.435. The summed E-state index contributed by atoms with van der Waals surface area (Å²) in [6.45, 7) is 1.81. The average molecular weight is 165 g/mol. The van der Waals surface area contributed by atoms with E-state index in [-0.39, 0.29) is 0 Å². The normalized spacial score (nSPS) is 17.1. The third-order valence-corrected chi connectivity index (χ3v) is 1.86. The molecule has 0 saturated carbocycles. The largest absolute Gasteiger partial charge is 0.334 e. The highest BCUT2D eigenvalue weighted by Gasteiger charge is 2.12. The highest BCUT2D eigenvalue weighted by atomic mass is 16.5. The lowest BCUT2D eigenvalue weighted by Crippen LogP contribution is -2.14. The Labute approximate surface area is 70.7 Å². The van der Waals surface area contributed by atoms with Gasteiger partial charge in [0.2, 0.25) is 0 Å². The van der Waals surface area contributed by atoms with E-state index in [9.17, 15) is 0 Å². The monoisotopic (exact) mass is 165 g/mol. The highest BCUT2D eigenvalue weighted by Crippen LogP contribution is 2.14. The average Bonchev–Trinajstić information content (AvgIpc) is 2.63. The lowest BCUT2D eigenvalue weighted by molar-refractivity contribution is 0.421. The molecule has 0 aromatic carbocycles. The summed E-state index contributed by atoms with van der Waals surface area (Å²) in [7, 11) is 0. The van der Waals surface area contributed by atoms with Gasteiger partial charge in [-0.1, -0.05) is 17.3 Å². The number of aromatic nitrogens is 2. The number of hydrogen-bond donors (Lipinski definition) is 1. The first-order valence-electron chi connectivity index (χ1n) is 4.06. The Kier molecular flexibility index (Phi) is 1.81. The molecule has 0 bridgehead atoms. The molecule has 0 spiro atoms. The molecule has 1 N–H and O–H groups in total. The van der Waals surface area contributed by atoms with Crippen molar-refractivity contribution >= 4 is 6.01 Å². The van der Waals surface area contributed by atoms with Crippen LogP contribution in [-0.4, -0.2) is 16.2 Å². The van der Waals surface area contributed by atoms with Gasteiger partial charge in [0, 0.05) is 6.04 Å². The summed E-state index contributed by atoms with van der Waals surface area (Å²) < 4.78 is 4.93. The van der Waals surface area contributed by atoms with E-state index in [4.69, 9.17) is 4.52 Å². The number of nitrogens with one attached hydrogen (secondary N) is 1. The molecule has 12 heavy (non-hydrogen) atoms. The van der Waals surface area contributed by atoms with E-state index in [0.717, 1.165) is 12.8 Å². The van der Waals surface area contributed by atoms with Crippen molar-refractivity contribution in [1.29, 1.82) is 0 Å². The van der Waals surface area contributed by atoms with Crippen molar-refractivity contribution in [3.8, 4) is 0 Å². The van der Waals surface area contributed by atoms with Crippen LogP contribution in [0.4, 0.5) is 6.01 Å². The van der Waals surface area contributed by atoms with Crippen LogP contribution in [0.5, 0.6) is 0 Å². The van der Waals surface area contributed by atoms with Crippen LogP contribution in [0.1, 0.15) is 18.7 Å². The Balaban J connectivity index is 1.95. The standard InChI is InChI=1S/C8H11N3O/c1-6-9-8(12-11-6)10-7-4-2-3-5-7/h2-3,7H,4-5H2,1H3,(H,9,10,11). The van der Waals surface area contributed by atoms with Gasteiger partial charge in [-0.3, -0.25) is 0 Å². The van der Waals surface area contributed by atoms with Crippen LogP contribution in [0.3, 0.4) is 0 Å². The highest BCUT2D eigenvalue weighted by molar-refractivity contribution is 5.23. The Morgan fingerprint density at radius 2 is 2.25 bits per heavy atom. The molecular weight excluding hydrogens is 154 g/mol. The second-order valence-electron chi connectivity index (χ2n) is 2.93. The molecule has 1 aliphatic carbocycles. The minimum Gasteiger partial charge on any atom is -0.334 e. The van der Waals surface area contributed by atoms with E-state index in [2.05, 4.69) is 27.6 Å². The fourth-order valence-corrected chi connectivity index (χ4v) is 1.27. The van der Waals surface area contributed by atoms with Gasteiger partial charge in [-0.25, -0.2) is 0 Å². The topological polar surface area (TPSA) is 51.0 Å². The molecule has 64 valence electrons. The van der Waals surface area contributed by atoms with Gasteiger partial charge in [-0.15, -0.1) is 0 Å². The van der Waals surface area contributed by atoms with Crippen molar-refractivity contribution in [3.63, 3.8) is 0 Å². The van der Waals surface area contributed by atoms with Crippen LogP contribution >= 0.6 is 0 Å². The van der Waals surface area contributed by atoms with Gasteiger partial charge >= 0.3 is 6.01 Å². The van der Waals surface area contributed by atoms with E-state index in [1.807, 2.05) is 6.92 Å². The molecule has 0 amide bonds. The summed E-state index contributed by atoms with van der Waals surface area (Å²) >= 11 is 0. The number of anilines is 1. The molecule has 0 radical (unpaired) electrons. The minimum atomic E-state index is 0.435. The maximum Gasteiger partial charge on any atom is 0.321 e. The molecular formula is C8H11N3O. The van der Waals surface area contributed by atoms with Crippen LogP contribution in [0.2, 0.25) is 0 Å². The van der Waals surface area contributed by atoms with Gasteiger partial charge in [-0.2, -0.15) is 4.98 Å². The summed E-state index contributed by atoms with van der Waals surface area (Å²) in [5.74, 6) is 0.670. The summed E-state index contributed by atoms with van der Waals surface area (Å²) in [5.41, 5.74) is 0. The van der Waals surface area contributed by atoms with Crippen LogP contribution in [0.15, 0.2) is 16.7 Å². The van der Waals surface area contributed by atoms with Gasteiger partial charge in [0.05, 0.1) is 0 Å². The first-order valence-corrected chi connectivity index (χ1v) is 4.06. The molecule has 0 unspecified atom stereocenters. The van der Waals surface area contributed by atoms with Crippen LogP contribution in [0, 0.1) is 6.92 Å². The number of rotatable bonds is 2. The summed E-state index contributed by atoms with van der Waals surface area (Å²) in [5, 5.41) is 6.85. The third-order valence-electron chi connectivity index (χ3n) is 1.86. The fourth-order valence-electron chi connectivity index (χ4n) is 1.27. The van der Waals surface area contributed by atoms with E-state index in [1.54, 1.807) is 0 Å². The molecule has 1 heterocycles. The molecule has 4 heteroatoms. The van der Waals surface area contributed by atoms with Crippen molar-refractivity contribution in [1.82, 2.24) is 10.1 Å². The second-order valence-corrected chi connectivity index (χ2v) is 2.93. The Hall–Kier alpha value is -1.32. The maximum atomic E-state index is 4.93. The molecule has 1 aromatic rings. The lowest BCUT2D eigenvalue weighted by atomic mass is 10.2. The number of aryl methyl sites for hydroxylation is 1. The van der Waals surface area contributed by atoms with Crippen LogP contribution in [-0.2, 0) is 0 Å². The summed E-state index contributed by atoms with van der Waals surface area (Å²) in [6.07, 6.45) is 6.39. The van der Waals surface area contributed by atoms with Gasteiger partial charge in [0.25, 0.3) is 0 Å². The van der Waals surface area contributed by atoms with Crippen LogP contribution < -0.4 is 5.32 Å². The molecule has 2 rings (SSSR count). The predicted octanol–water partition coefficient (Wildman–Crippen LogP) is 1.51. The molecule has 0 aliphatic heterocycles. The lowest BCUT2D eigenvalue weighted by Gasteiger charge is -2.07. The zero-order chi connectivity index (χ0) is 8.39. The van der Waals surface area contributed by atoms with Crippen molar-refractivity contribution in [2.24, 2.45) is 0 Å². The Morgan fingerprint density at radius 3 is 2.83 bits per heavy atom. The maximum absolute atomic E-state index is 4.93.